The molecule has 0 aliphatic rings. The Labute approximate surface area is 357 Å². The molecule has 11 rings (SSSR count). The van der Waals surface area contributed by atoms with Gasteiger partial charge in [-0.25, -0.2) is 0 Å². The van der Waals surface area contributed by atoms with Crippen LogP contribution in [0.2, 0.25) is 0 Å². The van der Waals surface area contributed by atoms with E-state index >= 15 is 0 Å². The van der Waals surface area contributed by atoms with Gasteiger partial charge in [0.25, 0.3) is 0 Å². The van der Waals surface area contributed by atoms with Gasteiger partial charge in [0.2, 0.25) is 0 Å². The Morgan fingerprint density at radius 1 is 0.295 bits per heavy atom. The van der Waals surface area contributed by atoms with Crippen LogP contribution >= 0.6 is 0 Å². The summed E-state index contributed by atoms with van der Waals surface area (Å²) in [5.41, 5.74) is 9.31. The van der Waals surface area contributed by atoms with E-state index in [-0.39, 0.29) is 0 Å². The summed E-state index contributed by atoms with van der Waals surface area (Å²) in [6.07, 6.45) is 0. The maximum Gasteiger partial charge on any atom is 0.179 e. The molecule has 0 radical (unpaired) electrons. The first-order valence-corrected chi connectivity index (χ1v) is 23.0. The SMILES string of the molecule is c1ccc([Si](c2ccccc2)(c2ccccc2)c2ccc(N(c3ccc(-c4ccc(-n5c6ccccc6c6ccccc65)cc4)cc3)c3cccc4ccccc34)cc2)cc1. The fraction of sp³-hybridized carbons (Fsp3) is 0. The van der Waals surface area contributed by atoms with Crippen LogP contribution in [-0.4, -0.2) is 12.6 Å². The third kappa shape index (κ3) is 6.26. The second-order valence-corrected chi connectivity index (χ2v) is 19.5. The Morgan fingerprint density at radius 3 is 1.21 bits per heavy atom. The van der Waals surface area contributed by atoms with E-state index in [0.29, 0.717) is 0 Å². The largest absolute Gasteiger partial charge is 0.310 e. The number of hydrogen-bond donors (Lipinski definition) is 0. The van der Waals surface area contributed by atoms with Crippen LogP contribution in [0.1, 0.15) is 0 Å². The van der Waals surface area contributed by atoms with Crippen LogP contribution in [0, 0.1) is 0 Å². The highest BCUT2D eigenvalue weighted by molar-refractivity contribution is 7.19. The summed E-state index contributed by atoms with van der Waals surface area (Å²) in [5, 5.41) is 10.4. The van der Waals surface area contributed by atoms with E-state index in [2.05, 4.69) is 264 Å². The molecule has 0 N–H and O–H groups in total. The molecule has 1 heterocycles. The van der Waals surface area contributed by atoms with E-state index in [1.807, 2.05) is 0 Å². The van der Waals surface area contributed by atoms with Gasteiger partial charge in [-0.2, -0.15) is 0 Å². The lowest BCUT2D eigenvalue weighted by atomic mass is 10.0. The maximum absolute atomic E-state index is 2.67. The van der Waals surface area contributed by atoms with Crippen molar-refractivity contribution in [2.75, 3.05) is 4.90 Å². The summed E-state index contributed by atoms with van der Waals surface area (Å²) >= 11 is 0. The topological polar surface area (TPSA) is 8.17 Å². The van der Waals surface area contributed by atoms with Gasteiger partial charge in [-0.1, -0.05) is 200 Å². The highest BCUT2D eigenvalue weighted by Gasteiger charge is 2.41. The molecule has 0 saturated carbocycles. The highest BCUT2D eigenvalue weighted by Crippen LogP contribution is 2.40. The zero-order valence-electron chi connectivity index (χ0n) is 33.6. The van der Waals surface area contributed by atoms with Crippen molar-refractivity contribution >= 4 is 78.5 Å². The minimum Gasteiger partial charge on any atom is -0.310 e. The van der Waals surface area contributed by atoms with Crippen molar-refractivity contribution in [3.05, 3.63) is 255 Å². The van der Waals surface area contributed by atoms with Crippen molar-refractivity contribution in [3.63, 3.8) is 0 Å². The average molecular weight is 795 g/mol. The molecule has 61 heavy (non-hydrogen) atoms. The van der Waals surface area contributed by atoms with E-state index in [0.717, 1.165) is 22.7 Å². The molecule has 0 fully saturated rings. The zero-order chi connectivity index (χ0) is 40.6. The maximum atomic E-state index is 2.41. The van der Waals surface area contributed by atoms with Gasteiger partial charge in [0.15, 0.2) is 8.07 Å². The molecule has 1 aromatic heterocycles. The van der Waals surface area contributed by atoms with Crippen LogP contribution in [0.15, 0.2) is 255 Å². The van der Waals surface area contributed by atoms with Gasteiger partial charge in [-0.15, -0.1) is 0 Å². The number of hydrogen-bond acceptors (Lipinski definition) is 1. The van der Waals surface area contributed by atoms with Crippen molar-refractivity contribution in [1.82, 2.24) is 4.57 Å². The molecule has 0 aliphatic carbocycles. The Balaban J connectivity index is 1.01. The second-order valence-electron chi connectivity index (χ2n) is 15.7. The number of fused-ring (bicyclic) bond motifs is 4. The van der Waals surface area contributed by atoms with E-state index in [4.69, 9.17) is 0 Å². The van der Waals surface area contributed by atoms with Gasteiger partial charge in [0, 0.05) is 33.2 Å². The molecule has 10 aromatic carbocycles. The summed E-state index contributed by atoms with van der Waals surface area (Å²) in [5.74, 6) is 0. The monoisotopic (exact) mass is 794 g/mol. The Morgan fingerprint density at radius 2 is 0.689 bits per heavy atom. The Hall–Kier alpha value is -7.72. The van der Waals surface area contributed by atoms with Crippen molar-refractivity contribution < 1.29 is 0 Å². The first kappa shape index (κ1) is 36.4. The van der Waals surface area contributed by atoms with Crippen LogP contribution in [0.5, 0.6) is 0 Å². The molecular formula is C58H42N2Si. The lowest BCUT2D eigenvalue weighted by Gasteiger charge is -2.35. The molecule has 2 nitrogen and oxygen atoms in total. The molecule has 0 amide bonds. The minimum absolute atomic E-state index is 1.10. The van der Waals surface area contributed by atoms with E-state index in [1.165, 1.54) is 64.5 Å². The van der Waals surface area contributed by atoms with Gasteiger partial charge in [0.05, 0.1) is 16.7 Å². The fourth-order valence-electron chi connectivity index (χ4n) is 9.56. The standard InChI is InChI=1S/C58H42N2Si/c1-4-19-49(20-5-1)61(50-21-6-2-7-22-50,51-23-8-3-9-24-51)52-41-39-47(40-42-52)59(56-30-16-18-45-17-10-11-25-53(45)56)46-35-31-43(32-36-46)44-33-37-48(38-34-44)60-57-28-14-12-26-54(57)55-27-13-15-29-58(55)60/h1-42H. The summed E-state index contributed by atoms with van der Waals surface area (Å²) in [4.78, 5) is 2.41. The van der Waals surface area contributed by atoms with Crippen LogP contribution in [0.4, 0.5) is 17.1 Å². The molecule has 0 aliphatic heterocycles. The van der Waals surface area contributed by atoms with Gasteiger partial charge in [-0.3, -0.25) is 0 Å². The third-order valence-corrected chi connectivity index (χ3v) is 17.1. The fourth-order valence-corrected chi connectivity index (χ4v) is 14.3. The number of benzene rings is 10. The van der Waals surface area contributed by atoms with Crippen molar-refractivity contribution in [3.8, 4) is 16.8 Å². The quantitative estimate of drug-likeness (QED) is 0.104. The number of para-hydroxylation sites is 2. The molecule has 0 spiro atoms. The molecule has 288 valence electrons. The third-order valence-electron chi connectivity index (χ3n) is 12.4. The number of nitrogens with zero attached hydrogens (tertiary/aromatic N) is 2. The number of rotatable bonds is 9. The van der Waals surface area contributed by atoms with Crippen molar-refractivity contribution in [1.29, 1.82) is 0 Å². The second kappa shape index (κ2) is 15.5. The summed E-state index contributed by atoms with van der Waals surface area (Å²) in [7, 11) is -2.67. The van der Waals surface area contributed by atoms with Crippen LogP contribution in [-0.2, 0) is 0 Å². The first-order chi connectivity index (χ1) is 30.3. The molecule has 0 unspecified atom stereocenters. The lowest BCUT2D eigenvalue weighted by molar-refractivity contribution is 1.18. The van der Waals surface area contributed by atoms with E-state index in [1.54, 1.807) is 0 Å². The van der Waals surface area contributed by atoms with E-state index < -0.39 is 8.07 Å². The number of aromatic nitrogens is 1. The van der Waals surface area contributed by atoms with E-state index in [9.17, 15) is 0 Å². The Kier molecular flexibility index (Phi) is 9.22. The van der Waals surface area contributed by atoms with Crippen LogP contribution < -0.4 is 25.6 Å². The summed E-state index contributed by atoms with van der Waals surface area (Å²) in [6, 6.07) is 93.5. The first-order valence-electron chi connectivity index (χ1n) is 21.0. The summed E-state index contributed by atoms with van der Waals surface area (Å²) in [6.45, 7) is 0. The highest BCUT2D eigenvalue weighted by atomic mass is 28.3. The molecule has 11 aromatic rings. The summed E-state index contributed by atoms with van der Waals surface area (Å²) < 4.78 is 2.37. The van der Waals surface area contributed by atoms with Crippen molar-refractivity contribution in [2.24, 2.45) is 0 Å². The molecule has 0 atom stereocenters. The minimum atomic E-state index is -2.67. The zero-order valence-corrected chi connectivity index (χ0v) is 34.6. The Bertz CT molecular complexity index is 3110. The van der Waals surface area contributed by atoms with Gasteiger partial charge >= 0.3 is 0 Å². The predicted octanol–water partition coefficient (Wildman–Crippen LogP) is 12.5. The normalized spacial score (nSPS) is 11.6. The van der Waals surface area contributed by atoms with Gasteiger partial charge < -0.3 is 9.47 Å². The van der Waals surface area contributed by atoms with Crippen LogP contribution in [0.3, 0.4) is 0 Å². The predicted molar refractivity (Wildman–Crippen MR) is 262 cm³/mol. The van der Waals surface area contributed by atoms with Gasteiger partial charge in [0.1, 0.15) is 0 Å². The average Bonchev–Trinajstić information content (AvgIpc) is 3.68. The lowest BCUT2D eigenvalue weighted by Crippen LogP contribution is -2.74. The smallest absolute Gasteiger partial charge is 0.179 e. The number of anilines is 3. The van der Waals surface area contributed by atoms with Gasteiger partial charge in [-0.05, 0) is 91.9 Å². The van der Waals surface area contributed by atoms with Crippen molar-refractivity contribution in [2.45, 2.75) is 0 Å². The molecule has 3 heteroatoms. The molecule has 0 saturated heterocycles. The molecular weight excluding hydrogens is 753 g/mol. The molecule has 0 bridgehead atoms. The van der Waals surface area contributed by atoms with Crippen LogP contribution in [0.25, 0.3) is 49.4 Å².